The lowest BCUT2D eigenvalue weighted by molar-refractivity contribution is -0.128. The highest BCUT2D eigenvalue weighted by molar-refractivity contribution is 6.18. The molecule has 0 aliphatic heterocycles. The van der Waals surface area contributed by atoms with Gasteiger partial charge in [-0.2, -0.15) is 0 Å². The summed E-state index contributed by atoms with van der Waals surface area (Å²) in [6.45, 7) is 6.42. The molecule has 1 aliphatic rings. The van der Waals surface area contributed by atoms with Crippen LogP contribution in [0.2, 0.25) is 0 Å². The van der Waals surface area contributed by atoms with Gasteiger partial charge in [-0.3, -0.25) is 4.79 Å². The smallest absolute Gasteiger partial charge is 0.223 e. The average molecular weight is 232 g/mol. The second kappa shape index (κ2) is 5.20. The summed E-state index contributed by atoms with van der Waals surface area (Å²) in [6.07, 6.45) is 4.26. The lowest BCUT2D eigenvalue weighted by atomic mass is 9.81. The van der Waals surface area contributed by atoms with E-state index in [2.05, 4.69) is 19.2 Å². The Bertz CT molecular complexity index is 224. The van der Waals surface area contributed by atoms with Crippen LogP contribution in [-0.4, -0.2) is 17.8 Å². The van der Waals surface area contributed by atoms with Crippen LogP contribution in [-0.2, 0) is 4.79 Å². The van der Waals surface area contributed by atoms with Crippen LogP contribution >= 0.6 is 11.6 Å². The average Bonchev–Trinajstić information content (AvgIpc) is 2.54. The van der Waals surface area contributed by atoms with Gasteiger partial charge in [-0.15, -0.1) is 11.6 Å². The molecule has 88 valence electrons. The molecule has 1 aliphatic carbocycles. The van der Waals surface area contributed by atoms with Gasteiger partial charge in [-0.25, -0.2) is 0 Å². The Morgan fingerprint density at radius 3 is 2.67 bits per heavy atom. The summed E-state index contributed by atoms with van der Waals surface area (Å²) in [5.41, 5.74) is 0.161. The van der Waals surface area contributed by atoms with Crippen molar-refractivity contribution in [3.8, 4) is 0 Å². The van der Waals surface area contributed by atoms with Gasteiger partial charge in [0.25, 0.3) is 0 Å². The maximum absolute atomic E-state index is 12.0. The first-order valence-electron chi connectivity index (χ1n) is 5.87. The highest BCUT2D eigenvalue weighted by atomic mass is 35.5. The number of halogens is 1. The third-order valence-corrected chi connectivity index (χ3v) is 3.97. The summed E-state index contributed by atoms with van der Waals surface area (Å²) in [6, 6.07) is 0.135. The molecule has 2 atom stereocenters. The molecule has 0 saturated heterocycles. The van der Waals surface area contributed by atoms with E-state index in [4.69, 9.17) is 11.6 Å². The highest BCUT2D eigenvalue weighted by Gasteiger charge is 2.39. The van der Waals surface area contributed by atoms with Crippen molar-refractivity contribution in [1.29, 1.82) is 0 Å². The Labute approximate surface area is 97.8 Å². The van der Waals surface area contributed by atoms with Crippen molar-refractivity contribution in [2.75, 3.05) is 5.88 Å². The maximum atomic E-state index is 12.0. The molecule has 2 nitrogen and oxygen atoms in total. The van der Waals surface area contributed by atoms with Crippen LogP contribution in [0.15, 0.2) is 0 Å². The van der Waals surface area contributed by atoms with Crippen molar-refractivity contribution >= 4 is 17.5 Å². The third kappa shape index (κ3) is 3.10. The number of hydrogen-bond acceptors (Lipinski definition) is 1. The zero-order chi connectivity index (χ0) is 11.5. The minimum absolute atomic E-state index is 0.135. The Balaban J connectivity index is 2.53. The molecule has 1 amide bonds. The van der Waals surface area contributed by atoms with Gasteiger partial charge in [0.15, 0.2) is 0 Å². The van der Waals surface area contributed by atoms with Crippen molar-refractivity contribution < 1.29 is 4.79 Å². The monoisotopic (exact) mass is 231 g/mol. The zero-order valence-electron chi connectivity index (χ0n) is 9.98. The molecule has 3 heteroatoms. The molecule has 0 aromatic rings. The van der Waals surface area contributed by atoms with E-state index in [9.17, 15) is 4.79 Å². The fraction of sp³-hybridized carbons (Fsp3) is 0.917. The lowest BCUT2D eigenvalue weighted by Gasteiger charge is -2.27. The Hall–Kier alpha value is -0.240. The van der Waals surface area contributed by atoms with Crippen LogP contribution in [0.25, 0.3) is 0 Å². The van der Waals surface area contributed by atoms with Gasteiger partial charge >= 0.3 is 0 Å². The minimum atomic E-state index is 0.135. The molecule has 0 spiro atoms. The first-order valence-corrected chi connectivity index (χ1v) is 6.41. The number of rotatable bonds is 4. The summed E-state index contributed by atoms with van der Waals surface area (Å²) >= 11 is 5.77. The molecule has 0 aromatic heterocycles. The van der Waals surface area contributed by atoms with Gasteiger partial charge in [0.1, 0.15) is 0 Å². The minimum Gasteiger partial charge on any atom is -0.352 e. The Morgan fingerprint density at radius 1 is 1.60 bits per heavy atom. The summed E-state index contributed by atoms with van der Waals surface area (Å²) in [5.74, 6) is 0.884. The number of carbonyl (C=O) groups excluding carboxylic acids is 1. The molecule has 2 unspecified atom stereocenters. The topological polar surface area (TPSA) is 29.1 Å². The van der Waals surface area contributed by atoms with E-state index in [1.807, 2.05) is 6.92 Å². The van der Waals surface area contributed by atoms with Crippen LogP contribution in [0, 0.1) is 11.3 Å². The normalized spacial score (nSPS) is 26.3. The zero-order valence-corrected chi connectivity index (χ0v) is 10.7. The van der Waals surface area contributed by atoms with Crippen LogP contribution in [0.3, 0.4) is 0 Å². The summed E-state index contributed by atoms with van der Waals surface area (Å²) < 4.78 is 0. The summed E-state index contributed by atoms with van der Waals surface area (Å²) in [4.78, 5) is 12.0. The van der Waals surface area contributed by atoms with Gasteiger partial charge in [-0.1, -0.05) is 27.2 Å². The highest BCUT2D eigenvalue weighted by Crippen LogP contribution is 2.42. The summed E-state index contributed by atoms with van der Waals surface area (Å²) in [5, 5.41) is 3.04. The molecule has 0 heterocycles. The van der Waals surface area contributed by atoms with Gasteiger partial charge in [0, 0.05) is 17.8 Å². The van der Waals surface area contributed by atoms with Crippen molar-refractivity contribution in [2.24, 2.45) is 11.3 Å². The maximum Gasteiger partial charge on any atom is 0.223 e. The van der Waals surface area contributed by atoms with Crippen molar-refractivity contribution in [3.63, 3.8) is 0 Å². The molecule has 1 N–H and O–H groups in total. The molecule has 0 radical (unpaired) electrons. The molecule has 1 fully saturated rings. The fourth-order valence-corrected chi connectivity index (χ4v) is 2.66. The molecule has 0 aromatic carbocycles. The Kier molecular flexibility index (Phi) is 4.45. The number of amides is 1. The molecular formula is C12H22ClNO. The quantitative estimate of drug-likeness (QED) is 0.741. The van der Waals surface area contributed by atoms with Gasteiger partial charge < -0.3 is 5.32 Å². The fourth-order valence-electron chi connectivity index (χ4n) is 2.36. The van der Waals surface area contributed by atoms with Crippen molar-refractivity contribution in [1.82, 2.24) is 5.32 Å². The molecular weight excluding hydrogens is 210 g/mol. The van der Waals surface area contributed by atoms with Crippen LogP contribution < -0.4 is 5.32 Å². The van der Waals surface area contributed by atoms with Crippen LogP contribution in [0.1, 0.15) is 46.5 Å². The molecule has 1 saturated carbocycles. The van der Waals surface area contributed by atoms with Gasteiger partial charge in [0.05, 0.1) is 0 Å². The van der Waals surface area contributed by atoms with Crippen LogP contribution in [0.5, 0.6) is 0 Å². The Morgan fingerprint density at radius 2 is 2.27 bits per heavy atom. The predicted octanol–water partition coefficient (Wildman–Crippen LogP) is 2.95. The standard InChI is InChI=1S/C12H22ClNO/c1-4-9(8-13)14-11(15)10-6-5-7-12(10,2)3/h9-10H,4-8H2,1-3H3,(H,14,15). The van der Waals surface area contributed by atoms with E-state index in [1.54, 1.807) is 0 Å². The SMILES string of the molecule is CCC(CCl)NC(=O)C1CCCC1(C)C. The van der Waals surface area contributed by atoms with Crippen LogP contribution in [0.4, 0.5) is 0 Å². The van der Waals surface area contributed by atoms with Crippen molar-refractivity contribution in [2.45, 2.75) is 52.5 Å². The molecule has 1 rings (SSSR count). The lowest BCUT2D eigenvalue weighted by Crippen LogP contribution is -2.42. The number of carbonyl (C=O) groups is 1. The predicted molar refractivity (Wildman–Crippen MR) is 64.1 cm³/mol. The van der Waals surface area contributed by atoms with E-state index in [0.29, 0.717) is 5.88 Å². The van der Waals surface area contributed by atoms with Gasteiger partial charge in [-0.05, 0) is 24.7 Å². The molecule has 0 bridgehead atoms. The number of alkyl halides is 1. The van der Waals surface area contributed by atoms with E-state index < -0.39 is 0 Å². The molecule has 15 heavy (non-hydrogen) atoms. The van der Waals surface area contributed by atoms with Gasteiger partial charge in [0.2, 0.25) is 5.91 Å². The first-order chi connectivity index (χ1) is 7.01. The second-order valence-corrected chi connectivity index (χ2v) is 5.51. The second-order valence-electron chi connectivity index (χ2n) is 5.20. The number of hydrogen-bond donors (Lipinski definition) is 1. The van der Waals surface area contributed by atoms with E-state index in [1.165, 1.54) is 6.42 Å². The third-order valence-electron chi connectivity index (χ3n) is 3.60. The summed E-state index contributed by atoms with van der Waals surface area (Å²) in [7, 11) is 0. The first kappa shape index (κ1) is 12.8. The van der Waals surface area contributed by atoms with E-state index >= 15 is 0 Å². The van der Waals surface area contributed by atoms with E-state index in [0.717, 1.165) is 19.3 Å². The van der Waals surface area contributed by atoms with E-state index in [-0.39, 0.29) is 23.3 Å². The largest absolute Gasteiger partial charge is 0.352 e. The number of nitrogens with one attached hydrogen (secondary N) is 1. The van der Waals surface area contributed by atoms with Crippen molar-refractivity contribution in [3.05, 3.63) is 0 Å².